The molecule has 0 unspecified atom stereocenters. The molecule has 1 saturated carbocycles. The molecule has 0 N–H and O–H groups in total. The SMILES string of the molecule is O=C1CC(=O)CC(c2ccc(SC(F)(F)F)cc2)C1. The smallest absolute Gasteiger partial charge is 0.299 e. The number of hydrogen-bond acceptors (Lipinski definition) is 3. The van der Waals surface area contributed by atoms with Crippen molar-refractivity contribution in [2.75, 3.05) is 0 Å². The van der Waals surface area contributed by atoms with Gasteiger partial charge in [-0.1, -0.05) is 12.1 Å². The zero-order valence-electron chi connectivity index (χ0n) is 9.87. The number of rotatable bonds is 2. The van der Waals surface area contributed by atoms with Gasteiger partial charge in [-0.2, -0.15) is 13.2 Å². The minimum atomic E-state index is -4.31. The van der Waals surface area contributed by atoms with Gasteiger partial charge in [0.2, 0.25) is 0 Å². The Morgan fingerprint density at radius 1 is 1.00 bits per heavy atom. The number of thioether (sulfide) groups is 1. The van der Waals surface area contributed by atoms with Crippen LogP contribution in [0.15, 0.2) is 29.2 Å². The maximum Gasteiger partial charge on any atom is 0.446 e. The van der Waals surface area contributed by atoms with Gasteiger partial charge in [0.1, 0.15) is 11.6 Å². The fourth-order valence-corrected chi connectivity index (χ4v) is 2.70. The summed E-state index contributed by atoms with van der Waals surface area (Å²) in [5, 5.41) is 0. The largest absolute Gasteiger partial charge is 0.446 e. The molecule has 0 aliphatic heterocycles. The first kappa shape index (κ1) is 14.1. The van der Waals surface area contributed by atoms with Crippen LogP contribution >= 0.6 is 11.8 Å². The topological polar surface area (TPSA) is 34.1 Å². The zero-order valence-corrected chi connectivity index (χ0v) is 10.7. The molecule has 0 spiro atoms. The van der Waals surface area contributed by atoms with Crippen LogP contribution in [0.4, 0.5) is 13.2 Å². The third-order valence-electron chi connectivity index (χ3n) is 2.93. The molecule has 102 valence electrons. The van der Waals surface area contributed by atoms with Crippen LogP contribution in [0.1, 0.15) is 30.7 Å². The Kier molecular flexibility index (Phi) is 3.99. The molecule has 2 rings (SSSR count). The molecule has 1 aromatic rings. The van der Waals surface area contributed by atoms with Crippen molar-refractivity contribution in [2.45, 2.75) is 35.6 Å². The Morgan fingerprint density at radius 3 is 2.00 bits per heavy atom. The van der Waals surface area contributed by atoms with E-state index in [2.05, 4.69) is 0 Å². The van der Waals surface area contributed by atoms with E-state index in [9.17, 15) is 22.8 Å². The monoisotopic (exact) mass is 288 g/mol. The lowest BCUT2D eigenvalue weighted by Gasteiger charge is -2.20. The van der Waals surface area contributed by atoms with Crippen LogP contribution < -0.4 is 0 Å². The fourth-order valence-electron chi connectivity index (χ4n) is 2.16. The highest BCUT2D eigenvalue weighted by Gasteiger charge is 2.30. The highest BCUT2D eigenvalue weighted by molar-refractivity contribution is 8.00. The summed E-state index contributed by atoms with van der Waals surface area (Å²) in [4.78, 5) is 22.8. The molecule has 1 aromatic carbocycles. The maximum absolute atomic E-state index is 12.2. The van der Waals surface area contributed by atoms with Crippen LogP contribution in [0, 0.1) is 0 Å². The number of carbonyl (C=O) groups excluding carboxylic acids is 2. The van der Waals surface area contributed by atoms with Gasteiger partial charge in [-0.25, -0.2) is 0 Å². The Balaban J connectivity index is 2.10. The van der Waals surface area contributed by atoms with Gasteiger partial charge in [0.25, 0.3) is 0 Å². The van der Waals surface area contributed by atoms with E-state index in [1.165, 1.54) is 12.1 Å². The number of benzene rings is 1. The molecular formula is C13H11F3O2S. The van der Waals surface area contributed by atoms with Crippen LogP contribution in [0.3, 0.4) is 0 Å². The first-order chi connectivity index (χ1) is 8.83. The predicted molar refractivity (Wildman–Crippen MR) is 65.0 cm³/mol. The summed E-state index contributed by atoms with van der Waals surface area (Å²) < 4.78 is 36.5. The number of carbonyl (C=O) groups is 2. The maximum atomic E-state index is 12.2. The third kappa shape index (κ3) is 4.09. The van der Waals surface area contributed by atoms with Gasteiger partial charge < -0.3 is 0 Å². The minimum absolute atomic E-state index is 0.0154. The normalized spacial score (nSPS) is 17.8. The van der Waals surface area contributed by atoms with Crippen LogP contribution in [0.5, 0.6) is 0 Å². The first-order valence-corrected chi connectivity index (χ1v) is 6.54. The van der Waals surface area contributed by atoms with E-state index >= 15 is 0 Å². The molecule has 0 aromatic heterocycles. The number of halogens is 3. The van der Waals surface area contributed by atoms with Crippen LogP contribution in [-0.2, 0) is 9.59 Å². The molecule has 0 radical (unpaired) electrons. The van der Waals surface area contributed by atoms with Crippen LogP contribution in [-0.4, -0.2) is 17.1 Å². The second-order valence-electron chi connectivity index (χ2n) is 4.48. The Labute approximate surface area is 112 Å². The standard InChI is InChI=1S/C13H11F3O2S/c14-13(15,16)19-12-3-1-8(2-4-12)9-5-10(17)7-11(18)6-9/h1-4,9H,5-7H2. The Morgan fingerprint density at radius 2 is 1.53 bits per heavy atom. The summed E-state index contributed by atoms with van der Waals surface area (Å²) in [5.41, 5.74) is -3.56. The molecule has 0 saturated heterocycles. The summed E-state index contributed by atoms with van der Waals surface area (Å²) in [6.07, 6.45) is 0.563. The average molecular weight is 288 g/mol. The van der Waals surface area contributed by atoms with E-state index in [1.807, 2.05) is 0 Å². The molecule has 0 atom stereocenters. The van der Waals surface area contributed by atoms with E-state index < -0.39 is 5.51 Å². The summed E-state index contributed by atoms with van der Waals surface area (Å²) in [7, 11) is 0. The van der Waals surface area contributed by atoms with Crippen molar-refractivity contribution >= 4 is 23.3 Å². The van der Waals surface area contributed by atoms with Crippen molar-refractivity contribution in [3.63, 3.8) is 0 Å². The van der Waals surface area contributed by atoms with Gasteiger partial charge in [0.05, 0.1) is 6.42 Å². The molecule has 0 amide bonds. The van der Waals surface area contributed by atoms with Crippen LogP contribution in [0.25, 0.3) is 0 Å². The van der Waals surface area contributed by atoms with Gasteiger partial charge in [-0.15, -0.1) is 0 Å². The first-order valence-electron chi connectivity index (χ1n) is 5.72. The Bertz CT molecular complexity index is 478. The molecule has 1 aliphatic carbocycles. The van der Waals surface area contributed by atoms with Crippen molar-refractivity contribution in [1.82, 2.24) is 0 Å². The summed E-state index contributed by atoms with van der Waals surface area (Å²) in [5.74, 6) is -0.399. The Hall–Kier alpha value is -1.30. The highest BCUT2D eigenvalue weighted by Crippen LogP contribution is 2.38. The lowest BCUT2D eigenvalue weighted by molar-refractivity contribution is -0.130. The van der Waals surface area contributed by atoms with Gasteiger partial charge in [-0.3, -0.25) is 9.59 Å². The second-order valence-corrected chi connectivity index (χ2v) is 5.61. The number of ketones is 2. The number of hydrogen-bond donors (Lipinski definition) is 0. The number of alkyl halides is 3. The van der Waals surface area contributed by atoms with E-state index in [0.717, 1.165) is 5.56 Å². The zero-order chi connectivity index (χ0) is 14.0. The van der Waals surface area contributed by atoms with E-state index in [-0.39, 0.29) is 53.4 Å². The quantitative estimate of drug-likeness (QED) is 0.614. The van der Waals surface area contributed by atoms with Gasteiger partial charge in [-0.05, 0) is 35.4 Å². The molecule has 1 fully saturated rings. The lowest BCUT2D eigenvalue weighted by atomic mass is 9.83. The molecule has 0 heterocycles. The third-order valence-corrected chi connectivity index (χ3v) is 3.67. The van der Waals surface area contributed by atoms with Crippen LogP contribution in [0.2, 0.25) is 0 Å². The highest BCUT2D eigenvalue weighted by atomic mass is 32.2. The molecule has 0 bridgehead atoms. The van der Waals surface area contributed by atoms with Crippen molar-refractivity contribution in [3.05, 3.63) is 29.8 Å². The van der Waals surface area contributed by atoms with Crippen molar-refractivity contribution in [2.24, 2.45) is 0 Å². The van der Waals surface area contributed by atoms with Gasteiger partial charge >= 0.3 is 5.51 Å². The van der Waals surface area contributed by atoms with Crippen molar-refractivity contribution < 1.29 is 22.8 Å². The predicted octanol–water partition coefficient (Wildman–Crippen LogP) is 3.70. The molecule has 6 heteroatoms. The summed E-state index contributed by atoms with van der Waals surface area (Å²) in [6.45, 7) is 0. The van der Waals surface area contributed by atoms with Gasteiger partial charge in [0.15, 0.2) is 0 Å². The van der Waals surface area contributed by atoms with E-state index in [4.69, 9.17) is 0 Å². The molecule has 2 nitrogen and oxygen atoms in total. The van der Waals surface area contributed by atoms with Crippen molar-refractivity contribution in [1.29, 1.82) is 0 Å². The number of Topliss-reactive ketones (excluding diaryl/α,β-unsaturated/α-hetero) is 2. The second kappa shape index (κ2) is 5.36. The fraction of sp³-hybridized carbons (Fsp3) is 0.385. The summed E-state index contributed by atoms with van der Waals surface area (Å²) >= 11 is -0.177. The summed E-state index contributed by atoms with van der Waals surface area (Å²) in [6, 6.07) is 5.86. The molecule has 19 heavy (non-hydrogen) atoms. The van der Waals surface area contributed by atoms with Crippen molar-refractivity contribution in [3.8, 4) is 0 Å². The molecule has 1 aliphatic rings. The van der Waals surface area contributed by atoms with E-state index in [1.54, 1.807) is 12.1 Å². The van der Waals surface area contributed by atoms with E-state index in [0.29, 0.717) is 0 Å². The molecular weight excluding hydrogens is 277 g/mol. The van der Waals surface area contributed by atoms with Gasteiger partial charge in [0, 0.05) is 17.7 Å². The average Bonchev–Trinajstić information content (AvgIpc) is 2.26. The lowest BCUT2D eigenvalue weighted by Crippen LogP contribution is -2.21. The minimum Gasteiger partial charge on any atom is -0.299 e.